The molecule has 0 saturated carbocycles. The molecule has 0 aromatic carbocycles. The average Bonchev–Trinajstić information content (AvgIpc) is 2.63. The van der Waals surface area contributed by atoms with Crippen LogP contribution in [0.25, 0.3) is 6.08 Å². The van der Waals surface area contributed by atoms with Gasteiger partial charge in [0.1, 0.15) is 0 Å². The van der Waals surface area contributed by atoms with E-state index in [1.165, 1.54) is 11.3 Å². The van der Waals surface area contributed by atoms with E-state index in [0.29, 0.717) is 4.91 Å². The summed E-state index contributed by atoms with van der Waals surface area (Å²) in [6, 6.07) is 3.77. The predicted octanol–water partition coefficient (Wildman–Crippen LogP) is 0.698. The summed E-state index contributed by atoms with van der Waals surface area (Å²) in [4.78, 5) is 15.7. The van der Waals surface area contributed by atoms with Crippen molar-refractivity contribution in [3.8, 4) is 0 Å². The van der Waals surface area contributed by atoms with Gasteiger partial charge in [-0.3, -0.25) is 4.79 Å². The van der Waals surface area contributed by atoms with E-state index in [-0.39, 0.29) is 51.4 Å². The van der Waals surface area contributed by atoms with Crippen molar-refractivity contribution in [3.05, 3.63) is 27.3 Å². The van der Waals surface area contributed by atoms with Crippen molar-refractivity contribution in [1.82, 2.24) is 0 Å². The van der Waals surface area contributed by atoms with Crippen molar-refractivity contribution < 1.29 is 9.90 Å². The molecule has 1 amide bonds. The summed E-state index contributed by atoms with van der Waals surface area (Å²) in [5.74, 6) is -0.427. The SMILES string of the molecule is O=C1N=C([O-])S/C1=C/c1cccs1.[K]. The van der Waals surface area contributed by atoms with Gasteiger partial charge in [0.15, 0.2) is 0 Å². The minimum atomic E-state index is -0.427. The molecule has 0 aliphatic carbocycles. The van der Waals surface area contributed by atoms with Crippen molar-refractivity contribution in [2.75, 3.05) is 0 Å². The largest absolute Gasteiger partial charge is 0.853 e. The molecule has 1 aromatic heterocycles. The molecule has 1 aliphatic heterocycles. The summed E-state index contributed by atoms with van der Waals surface area (Å²) in [5.41, 5.74) is 0. The number of nitrogens with zero attached hydrogens (tertiary/aromatic N) is 1. The summed E-state index contributed by atoms with van der Waals surface area (Å²) in [7, 11) is 0. The first-order valence-electron chi connectivity index (χ1n) is 3.49. The summed E-state index contributed by atoms with van der Waals surface area (Å²) in [6.45, 7) is 0. The molecule has 0 atom stereocenters. The minimum Gasteiger partial charge on any atom is -0.853 e. The minimum absolute atomic E-state index is 0. The van der Waals surface area contributed by atoms with Crippen molar-refractivity contribution in [2.24, 2.45) is 4.99 Å². The van der Waals surface area contributed by atoms with Crippen molar-refractivity contribution in [2.45, 2.75) is 0 Å². The third-order valence-electron chi connectivity index (χ3n) is 1.42. The molecule has 0 bridgehead atoms. The topological polar surface area (TPSA) is 52.5 Å². The standard InChI is InChI=1S/C8H5NO2S2.K/c10-7-6(13-8(11)9-7)4-5-2-1-3-12-5;/h1-4H,(H,9,10,11);/p-1/b6-4+;. The van der Waals surface area contributed by atoms with Gasteiger partial charge in [0.05, 0.1) is 4.91 Å². The smallest absolute Gasteiger partial charge is 0.283 e. The quantitative estimate of drug-likeness (QED) is 0.544. The van der Waals surface area contributed by atoms with Crippen LogP contribution in [-0.4, -0.2) is 62.5 Å². The van der Waals surface area contributed by atoms with Gasteiger partial charge < -0.3 is 5.11 Å². The molecule has 1 aromatic rings. The monoisotopic (exact) mass is 249 g/mol. The third-order valence-corrected chi connectivity index (χ3v) is 3.02. The molecule has 2 heterocycles. The molecule has 0 saturated heterocycles. The molecule has 67 valence electrons. The van der Waals surface area contributed by atoms with E-state index in [0.717, 1.165) is 16.6 Å². The van der Waals surface area contributed by atoms with Crippen LogP contribution in [0.5, 0.6) is 0 Å². The van der Waals surface area contributed by atoms with Gasteiger partial charge in [0.2, 0.25) is 0 Å². The number of thioether (sulfide) groups is 1. The number of carbonyl (C=O) groups excluding carboxylic acids is 1. The zero-order chi connectivity index (χ0) is 9.26. The molecule has 0 spiro atoms. The first-order chi connectivity index (χ1) is 6.25. The van der Waals surface area contributed by atoms with Crippen molar-refractivity contribution >= 4 is 91.7 Å². The van der Waals surface area contributed by atoms with Gasteiger partial charge in [-0.05, 0) is 17.5 Å². The van der Waals surface area contributed by atoms with Crippen LogP contribution >= 0.6 is 23.1 Å². The fourth-order valence-electron chi connectivity index (χ4n) is 0.892. The Balaban J connectivity index is 0.000000980. The fourth-order valence-corrected chi connectivity index (χ4v) is 2.26. The van der Waals surface area contributed by atoms with Gasteiger partial charge in [-0.25, -0.2) is 4.99 Å². The predicted molar refractivity (Wildman–Crippen MR) is 58.1 cm³/mol. The summed E-state index contributed by atoms with van der Waals surface area (Å²) < 4.78 is 0. The second-order valence-electron chi connectivity index (χ2n) is 2.31. The maximum absolute atomic E-state index is 11.0. The van der Waals surface area contributed by atoms with E-state index in [9.17, 15) is 9.90 Å². The number of amides is 1. The summed E-state index contributed by atoms with van der Waals surface area (Å²) in [5, 5.41) is 12.2. The second kappa shape index (κ2) is 5.60. The zero-order valence-electron chi connectivity index (χ0n) is 7.39. The van der Waals surface area contributed by atoms with Gasteiger partial charge in [-0.1, -0.05) is 17.8 Å². The molecular weight excluding hydrogens is 245 g/mol. The Hall–Kier alpha value is 0.566. The van der Waals surface area contributed by atoms with Gasteiger partial charge >= 0.3 is 0 Å². The van der Waals surface area contributed by atoms with Crippen LogP contribution in [0.3, 0.4) is 0 Å². The van der Waals surface area contributed by atoms with Crippen LogP contribution in [0.4, 0.5) is 0 Å². The van der Waals surface area contributed by atoms with Gasteiger partial charge in [0, 0.05) is 61.5 Å². The first kappa shape index (κ1) is 12.6. The van der Waals surface area contributed by atoms with E-state index in [2.05, 4.69) is 4.99 Å². The van der Waals surface area contributed by atoms with Crippen LogP contribution < -0.4 is 5.11 Å². The molecular formula is C8H4KNO2S2-. The molecule has 1 radical (unpaired) electrons. The molecule has 0 fully saturated rings. The second-order valence-corrected chi connectivity index (χ2v) is 4.28. The Morgan fingerprint density at radius 2 is 2.29 bits per heavy atom. The summed E-state index contributed by atoms with van der Waals surface area (Å²) >= 11 is 2.40. The Morgan fingerprint density at radius 3 is 2.79 bits per heavy atom. The first-order valence-corrected chi connectivity index (χ1v) is 5.18. The van der Waals surface area contributed by atoms with Crippen LogP contribution in [0.2, 0.25) is 0 Å². The van der Waals surface area contributed by atoms with Gasteiger partial charge in [0.25, 0.3) is 5.91 Å². The van der Waals surface area contributed by atoms with Gasteiger partial charge in [-0.2, -0.15) is 0 Å². The number of thiophene rings is 1. The van der Waals surface area contributed by atoms with E-state index in [1.807, 2.05) is 17.5 Å². The molecule has 14 heavy (non-hydrogen) atoms. The van der Waals surface area contributed by atoms with Gasteiger partial charge in [-0.15, -0.1) is 11.3 Å². The number of rotatable bonds is 1. The number of hydrogen-bond acceptors (Lipinski definition) is 4. The zero-order valence-corrected chi connectivity index (χ0v) is 12.1. The molecule has 0 unspecified atom stereocenters. The van der Waals surface area contributed by atoms with E-state index < -0.39 is 11.1 Å². The van der Waals surface area contributed by atoms with E-state index >= 15 is 0 Å². The van der Waals surface area contributed by atoms with Crippen LogP contribution in [0, 0.1) is 0 Å². The Bertz CT molecular complexity index is 397. The van der Waals surface area contributed by atoms with Crippen molar-refractivity contribution in [3.63, 3.8) is 0 Å². The molecule has 6 heteroatoms. The maximum atomic E-state index is 11.0. The molecule has 2 rings (SSSR count). The fraction of sp³-hybridized carbons (Fsp3) is 0. The van der Waals surface area contributed by atoms with Crippen LogP contribution in [0.15, 0.2) is 27.4 Å². The third kappa shape index (κ3) is 3.03. The van der Waals surface area contributed by atoms with E-state index in [1.54, 1.807) is 6.08 Å². The maximum Gasteiger partial charge on any atom is 0.283 e. The van der Waals surface area contributed by atoms with Crippen LogP contribution in [-0.2, 0) is 4.79 Å². The molecule has 1 aliphatic rings. The summed E-state index contributed by atoms with van der Waals surface area (Å²) in [6.07, 6.45) is 1.69. The number of hydrogen-bond donors (Lipinski definition) is 0. The molecule has 3 nitrogen and oxygen atoms in total. The average molecular weight is 249 g/mol. The van der Waals surface area contributed by atoms with E-state index in [4.69, 9.17) is 0 Å². The number of aliphatic imine (C=N–C) groups is 1. The molecule has 0 N–H and O–H groups in total. The Labute approximate surface area is 132 Å². The van der Waals surface area contributed by atoms with Crippen molar-refractivity contribution in [1.29, 1.82) is 0 Å². The van der Waals surface area contributed by atoms with Crippen LogP contribution in [0.1, 0.15) is 4.88 Å². The Morgan fingerprint density at radius 1 is 1.50 bits per heavy atom. The normalized spacial score (nSPS) is 18.1. The Kier molecular flexibility index (Phi) is 5.05. The number of carbonyl (C=O) groups is 1.